The van der Waals surface area contributed by atoms with E-state index < -0.39 is 20.7 Å². The van der Waals surface area contributed by atoms with Crippen LogP contribution in [-0.4, -0.2) is 62.8 Å². The van der Waals surface area contributed by atoms with Crippen molar-refractivity contribution in [1.82, 2.24) is 0 Å². The highest BCUT2D eigenvalue weighted by Crippen LogP contribution is 2.30. The van der Waals surface area contributed by atoms with Crippen molar-refractivity contribution in [2.75, 3.05) is 27.1 Å². The van der Waals surface area contributed by atoms with Crippen molar-refractivity contribution >= 4 is 54.9 Å². The number of hydrogen-bond donors (Lipinski definition) is 1. The molecule has 38 heavy (non-hydrogen) atoms. The molecule has 1 N–H and O–H groups in total. The van der Waals surface area contributed by atoms with E-state index in [0.29, 0.717) is 36.5 Å². The molecule has 0 saturated carbocycles. The zero-order valence-corrected chi connectivity index (χ0v) is 27.7. The average molecular weight is 614 g/mol. The number of carbonyl (C=O) groups excluding carboxylic acids is 1. The number of hydrogen-bond acceptors (Lipinski definition) is 6. The van der Waals surface area contributed by atoms with Gasteiger partial charge in [0.05, 0.1) is 11.3 Å². The van der Waals surface area contributed by atoms with Gasteiger partial charge in [0.2, 0.25) is 0 Å². The topological polar surface area (TPSA) is 82.1 Å². The van der Waals surface area contributed by atoms with Crippen LogP contribution >= 0.6 is 35.0 Å². The molecule has 4 unspecified atom stereocenters. The van der Waals surface area contributed by atoms with E-state index in [-0.39, 0.29) is 28.2 Å². The van der Waals surface area contributed by atoms with E-state index in [0.717, 1.165) is 37.4 Å². The van der Waals surface area contributed by atoms with E-state index in [1.807, 2.05) is 19.1 Å². The molecule has 0 bridgehead atoms. The lowest BCUT2D eigenvalue weighted by Crippen LogP contribution is -2.42. The van der Waals surface area contributed by atoms with Gasteiger partial charge in [0.25, 0.3) is 0 Å². The highest BCUT2D eigenvalue weighted by Gasteiger charge is 2.37. The van der Waals surface area contributed by atoms with Crippen LogP contribution in [0.4, 0.5) is 0 Å². The maximum absolute atomic E-state index is 12.6. The fraction of sp³-hybridized carbons (Fsp3) is 0.786. The number of aliphatic carboxylic acids is 1. The zero-order valence-electron chi connectivity index (χ0n) is 24.3. The Hall–Kier alpha value is -0.353. The second kappa shape index (κ2) is 20.5. The third-order valence-corrected chi connectivity index (χ3v) is 12.0. The molecule has 0 aliphatic heterocycles. The molecule has 0 aromatic heterocycles. The monoisotopic (exact) mass is 612 g/mol. The number of allylic oxidation sites excluding steroid dienone is 4. The van der Waals surface area contributed by atoms with Crippen LogP contribution in [0.2, 0.25) is 6.04 Å². The molecule has 0 aliphatic carbocycles. The molecule has 0 spiro atoms. The maximum Gasteiger partial charge on any atom is 0.500 e. The van der Waals surface area contributed by atoms with E-state index in [1.54, 1.807) is 21.3 Å². The maximum atomic E-state index is 12.6. The predicted molar refractivity (Wildman–Crippen MR) is 163 cm³/mol. The van der Waals surface area contributed by atoms with Gasteiger partial charge in [0.15, 0.2) is 5.12 Å². The molecule has 10 heteroatoms. The van der Waals surface area contributed by atoms with Crippen LogP contribution < -0.4 is 0 Å². The number of alkyl halides is 2. The van der Waals surface area contributed by atoms with Gasteiger partial charge in [-0.05, 0) is 56.8 Å². The summed E-state index contributed by atoms with van der Waals surface area (Å²) in [5.41, 5.74) is 0.305. The largest absolute Gasteiger partial charge is 0.500 e. The lowest BCUT2D eigenvalue weighted by molar-refractivity contribution is -0.144. The Bertz CT molecular complexity index is 722. The fourth-order valence-corrected chi connectivity index (χ4v) is 7.30. The molecule has 0 fully saturated rings. The Balaban J connectivity index is 4.80. The van der Waals surface area contributed by atoms with Gasteiger partial charge < -0.3 is 18.4 Å². The summed E-state index contributed by atoms with van der Waals surface area (Å²) in [5.74, 6) is -1.52. The molecule has 4 atom stereocenters. The van der Waals surface area contributed by atoms with E-state index in [1.165, 1.54) is 0 Å². The lowest BCUT2D eigenvalue weighted by Gasteiger charge is -2.24. The van der Waals surface area contributed by atoms with Crippen molar-refractivity contribution < 1.29 is 28.0 Å². The molecule has 0 radical (unpaired) electrons. The molecule has 0 aromatic rings. The van der Waals surface area contributed by atoms with Gasteiger partial charge in [-0.1, -0.05) is 63.3 Å². The first kappa shape index (κ1) is 37.6. The summed E-state index contributed by atoms with van der Waals surface area (Å²) in [7, 11) is 1.99. The summed E-state index contributed by atoms with van der Waals surface area (Å²) < 4.78 is 16.2. The second-order valence-electron chi connectivity index (χ2n) is 10.3. The van der Waals surface area contributed by atoms with Crippen LogP contribution in [0.5, 0.6) is 0 Å². The first-order chi connectivity index (χ1) is 17.9. The van der Waals surface area contributed by atoms with Crippen molar-refractivity contribution in [2.45, 2.75) is 95.9 Å². The number of carboxylic acid groups (broad SMARTS) is 1. The van der Waals surface area contributed by atoms with Crippen LogP contribution in [0.15, 0.2) is 24.3 Å². The van der Waals surface area contributed by atoms with Crippen molar-refractivity contribution in [1.29, 1.82) is 0 Å². The molecule has 0 rings (SSSR count). The van der Waals surface area contributed by atoms with E-state index >= 15 is 0 Å². The molecular formula is C28H50Cl2O6SSi. The second-order valence-corrected chi connectivity index (χ2v) is 15.7. The van der Waals surface area contributed by atoms with Crippen molar-refractivity contribution in [3.63, 3.8) is 0 Å². The number of rotatable bonds is 22. The first-order valence-electron chi connectivity index (χ1n) is 13.5. The third-order valence-electron chi connectivity index (χ3n) is 7.06. The summed E-state index contributed by atoms with van der Waals surface area (Å²) in [4.78, 5) is 24.7. The summed E-state index contributed by atoms with van der Waals surface area (Å²) in [6.45, 7) is 8.57. The van der Waals surface area contributed by atoms with Crippen LogP contribution in [0.3, 0.4) is 0 Å². The number of halogens is 2. The third kappa shape index (κ3) is 15.4. The highest BCUT2D eigenvalue weighted by atomic mass is 35.5. The minimum absolute atomic E-state index is 0.0351. The van der Waals surface area contributed by atoms with Crippen molar-refractivity contribution in [3.8, 4) is 0 Å². The SMILES string of the molecule is C/C=C/C(CCC(Cl)C(Cl)CC/C=C/CC(C)(C)CC)C(CC(=O)SCCC[Si](OC)(OC)OC)C(=O)O. The smallest absolute Gasteiger partial charge is 0.481 e. The Kier molecular flexibility index (Phi) is 20.3. The molecule has 0 aromatic carbocycles. The Labute approximate surface area is 246 Å². The van der Waals surface area contributed by atoms with Gasteiger partial charge in [-0.25, -0.2) is 0 Å². The average Bonchev–Trinajstić information content (AvgIpc) is 2.89. The van der Waals surface area contributed by atoms with Gasteiger partial charge >= 0.3 is 14.8 Å². The number of carbonyl (C=O) groups is 2. The molecule has 6 nitrogen and oxygen atoms in total. The van der Waals surface area contributed by atoms with Gasteiger partial charge in [-0.15, -0.1) is 23.2 Å². The normalized spacial score (nSPS) is 16.1. The predicted octanol–water partition coefficient (Wildman–Crippen LogP) is 7.96. The van der Waals surface area contributed by atoms with Crippen LogP contribution in [0.1, 0.15) is 79.1 Å². The zero-order chi connectivity index (χ0) is 29.2. The molecule has 0 aliphatic rings. The van der Waals surface area contributed by atoms with Gasteiger partial charge in [0, 0.05) is 44.9 Å². The molecule has 0 saturated heterocycles. The minimum Gasteiger partial charge on any atom is -0.481 e. The summed E-state index contributed by atoms with van der Waals surface area (Å²) in [5, 5.41) is 9.30. The van der Waals surface area contributed by atoms with Gasteiger partial charge in [-0.3, -0.25) is 9.59 Å². The quantitative estimate of drug-likeness (QED) is 0.0574. The van der Waals surface area contributed by atoms with Crippen LogP contribution in [0.25, 0.3) is 0 Å². The minimum atomic E-state index is -2.68. The molecular weight excluding hydrogens is 563 g/mol. The van der Waals surface area contributed by atoms with Gasteiger partial charge in [0.1, 0.15) is 0 Å². The van der Waals surface area contributed by atoms with E-state index in [4.69, 9.17) is 36.5 Å². The molecule has 0 amide bonds. The Morgan fingerprint density at radius 3 is 2.16 bits per heavy atom. The molecule has 222 valence electrons. The van der Waals surface area contributed by atoms with Crippen molar-refractivity contribution in [2.24, 2.45) is 17.3 Å². The molecule has 0 heterocycles. The highest BCUT2D eigenvalue weighted by molar-refractivity contribution is 8.13. The Morgan fingerprint density at radius 2 is 1.63 bits per heavy atom. The number of carboxylic acids is 1. The van der Waals surface area contributed by atoms with Gasteiger partial charge in [-0.2, -0.15) is 0 Å². The standard InChI is InChI=1S/C28H50Cl2O6SSi/c1-8-14-22(16-17-25(30)24(29)15-11-10-12-18-28(3,4)9-2)23(27(32)33)21-26(31)37-19-13-20-38(34-5,35-6)36-7/h8,10,12,14,22-25H,9,11,13,15-21H2,1-7H3,(H,32,33)/b12-10+,14-8+. The fourth-order valence-electron chi connectivity index (χ4n) is 4.00. The number of thioether (sulfide) groups is 1. The van der Waals surface area contributed by atoms with E-state index in [9.17, 15) is 14.7 Å². The first-order valence-corrected chi connectivity index (χ1v) is 17.3. The summed E-state index contributed by atoms with van der Waals surface area (Å²) >= 11 is 14.3. The van der Waals surface area contributed by atoms with Crippen LogP contribution in [0, 0.1) is 17.3 Å². The van der Waals surface area contributed by atoms with E-state index in [2.05, 4.69) is 32.9 Å². The summed E-state index contributed by atoms with van der Waals surface area (Å²) in [6, 6.07) is 0.587. The summed E-state index contributed by atoms with van der Waals surface area (Å²) in [6.07, 6.45) is 13.7. The Morgan fingerprint density at radius 1 is 1.03 bits per heavy atom. The van der Waals surface area contributed by atoms with Crippen LogP contribution in [-0.2, 0) is 22.9 Å². The lowest BCUT2D eigenvalue weighted by atomic mass is 9.85. The van der Waals surface area contributed by atoms with Crippen molar-refractivity contribution in [3.05, 3.63) is 24.3 Å².